The maximum Gasteiger partial charge on any atom is 0.223 e. The van der Waals surface area contributed by atoms with E-state index in [0.717, 1.165) is 28.5 Å². The van der Waals surface area contributed by atoms with Crippen molar-refractivity contribution in [2.75, 3.05) is 11.9 Å². The van der Waals surface area contributed by atoms with Crippen molar-refractivity contribution in [1.29, 1.82) is 0 Å². The molecule has 0 fully saturated rings. The number of aryl methyl sites for hydroxylation is 3. The number of rotatable bonds is 7. The van der Waals surface area contributed by atoms with Gasteiger partial charge in [-0.25, -0.2) is 15.0 Å². The Labute approximate surface area is 140 Å². The molecule has 6 nitrogen and oxygen atoms in total. The molecule has 0 saturated heterocycles. The van der Waals surface area contributed by atoms with Crippen molar-refractivity contribution < 1.29 is 4.79 Å². The number of amides is 1. The molecule has 0 aliphatic heterocycles. The Hall–Kier alpha value is -2.02. The van der Waals surface area contributed by atoms with Gasteiger partial charge in [-0.15, -0.1) is 11.3 Å². The number of nitrogens with zero attached hydrogens (tertiary/aromatic N) is 3. The van der Waals surface area contributed by atoms with Crippen LogP contribution in [0.15, 0.2) is 11.4 Å². The molecule has 0 aliphatic carbocycles. The third-order valence-corrected chi connectivity index (χ3v) is 4.10. The van der Waals surface area contributed by atoms with Gasteiger partial charge in [0.15, 0.2) is 0 Å². The van der Waals surface area contributed by atoms with Gasteiger partial charge in [0, 0.05) is 29.7 Å². The number of carbonyl (C=O) groups excluding carboxylic acids is 1. The number of anilines is 1. The summed E-state index contributed by atoms with van der Waals surface area (Å²) in [6.07, 6.45) is 1.19. The molecule has 2 aromatic heterocycles. The highest BCUT2D eigenvalue weighted by Crippen LogP contribution is 2.15. The normalized spacial score (nSPS) is 12.0. The third kappa shape index (κ3) is 5.59. The highest BCUT2D eigenvalue weighted by Gasteiger charge is 2.11. The van der Waals surface area contributed by atoms with Crippen LogP contribution in [0.1, 0.15) is 47.9 Å². The lowest BCUT2D eigenvalue weighted by Crippen LogP contribution is -2.27. The maximum atomic E-state index is 12.0. The first kappa shape index (κ1) is 17.3. The fourth-order valence-electron chi connectivity index (χ4n) is 2.22. The van der Waals surface area contributed by atoms with Crippen LogP contribution in [0.4, 0.5) is 5.95 Å². The summed E-state index contributed by atoms with van der Waals surface area (Å²) in [7, 11) is 0. The zero-order valence-electron chi connectivity index (χ0n) is 14.0. The summed E-state index contributed by atoms with van der Waals surface area (Å²) in [5.74, 6) is 0.653. The van der Waals surface area contributed by atoms with E-state index in [2.05, 4.69) is 25.6 Å². The Balaban J connectivity index is 1.70. The zero-order chi connectivity index (χ0) is 16.8. The van der Waals surface area contributed by atoms with Crippen molar-refractivity contribution >= 4 is 23.2 Å². The summed E-state index contributed by atoms with van der Waals surface area (Å²) in [6, 6.07) is 1.88. The standard InChI is InChI=1S/C16H23N5OS/c1-10-8-11(2)19-16(18-10)17-7-5-6-15(22)20-12(3)14-9-23-13(4)21-14/h8-9,12H,5-7H2,1-4H3,(H,20,22)(H,17,18,19). The molecular formula is C16H23N5OS. The molecule has 2 N–H and O–H groups in total. The molecule has 0 aliphatic rings. The largest absolute Gasteiger partial charge is 0.354 e. The minimum Gasteiger partial charge on any atom is -0.354 e. The molecule has 1 amide bonds. The molecule has 0 bridgehead atoms. The first-order valence-corrected chi connectivity index (χ1v) is 8.59. The van der Waals surface area contributed by atoms with Gasteiger partial charge in [-0.2, -0.15) is 0 Å². The molecule has 7 heteroatoms. The predicted molar refractivity (Wildman–Crippen MR) is 92.6 cm³/mol. The molecule has 23 heavy (non-hydrogen) atoms. The van der Waals surface area contributed by atoms with E-state index in [1.54, 1.807) is 11.3 Å². The second-order valence-corrected chi connectivity index (χ2v) is 6.65. The van der Waals surface area contributed by atoms with Gasteiger partial charge in [0.25, 0.3) is 0 Å². The number of aromatic nitrogens is 3. The molecule has 0 aromatic carbocycles. The number of hydrogen-bond acceptors (Lipinski definition) is 6. The highest BCUT2D eigenvalue weighted by molar-refractivity contribution is 7.09. The monoisotopic (exact) mass is 333 g/mol. The van der Waals surface area contributed by atoms with Crippen LogP contribution in [0.25, 0.3) is 0 Å². The van der Waals surface area contributed by atoms with Crippen molar-refractivity contribution in [3.8, 4) is 0 Å². The number of thiazole rings is 1. The lowest BCUT2D eigenvalue weighted by atomic mass is 10.2. The first-order chi connectivity index (χ1) is 10.9. The van der Waals surface area contributed by atoms with Crippen molar-refractivity contribution in [3.05, 3.63) is 33.5 Å². The lowest BCUT2D eigenvalue weighted by molar-refractivity contribution is -0.121. The predicted octanol–water partition coefficient (Wildman–Crippen LogP) is 2.93. The fraction of sp³-hybridized carbons (Fsp3) is 0.500. The van der Waals surface area contributed by atoms with Crippen molar-refractivity contribution in [2.24, 2.45) is 0 Å². The summed E-state index contributed by atoms with van der Waals surface area (Å²) in [6.45, 7) is 8.46. The third-order valence-electron chi connectivity index (χ3n) is 3.30. The Morgan fingerprint density at radius 3 is 2.52 bits per heavy atom. The quantitative estimate of drug-likeness (QED) is 0.762. The minimum absolute atomic E-state index is 0.0336. The minimum atomic E-state index is -0.0526. The Morgan fingerprint density at radius 1 is 1.22 bits per heavy atom. The van der Waals surface area contributed by atoms with E-state index in [0.29, 0.717) is 18.9 Å². The average molecular weight is 333 g/mol. The van der Waals surface area contributed by atoms with Gasteiger partial charge in [0.05, 0.1) is 16.7 Å². The van der Waals surface area contributed by atoms with Crippen LogP contribution in [0, 0.1) is 20.8 Å². The summed E-state index contributed by atoms with van der Waals surface area (Å²) in [5, 5.41) is 9.13. The van der Waals surface area contributed by atoms with Gasteiger partial charge >= 0.3 is 0 Å². The lowest BCUT2D eigenvalue weighted by Gasteiger charge is -2.12. The molecule has 0 saturated carbocycles. The van der Waals surface area contributed by atoms with Gasteiger partial charge in [-0.1, -0.05) is 0 Å². The van der Waals surface area contributed by atoms with Crippen LogP contribution in [-0.4, -0.2) is 27.4 Å². The topological polar surface area (TPSA) is 79.8 Å². The second-order valence-electron chi connectivity index (χ2n) is 5.59. The SMILES string of the molecule is Cc1cc(C)nc(NCCCC(=O)NC(C)c2csc(C)n2)n1. The molecule has 124 valence electrons. The van der Waals surface area contributed by atoms with E-state index in [1.807, 2.05) is 39.1 Å². The van der Waals surface area contributed by atoms with Crippen molar-refractivity contribution in [3.63, 3.8) is 0 Å². The van der Waals surface area contributed by atoms with Gasteiger partial charge < -0.3 is 10.6 Å². The van der Waals surface area contributed by atoms with Crippen LogP contribution < -0.4 is 10.6 Å². The summed E-state index contributed by atoms with van der Waals surface area (Å²) in [4.78, 5) is 25.0. The first-order valence-electron chi connectivity index (χ1n) is 7.71. The molecule has 0 radical (unpaired) electrons. The zero-order valence-corrected chi connectivity index (χ0v) is 14.8. The summed E-state index contributed by atoms with van der Waals surface area (Å²) >= 11 is 1.59. The van der Waals surface area contributed by atoms with Crippen LogP contribution in [0.3, 0.4) is 0 Å². The number of hydrogen-bond donors (Lipinski definition) is 2. The van der Waals surface area contributed by atoms with Gasteiger partial charge in [0.1, 0.15) is 0 Å². The number of carbonyl (C=O) groups is 1. The van der Waals surface area contributed by atoms with Gasteiger partial charge in [-0.3, -0.25) is 4.79 Å². The molecule has 2 rings (SSSR count). The molecular weight excluding hydrogens is 310 g/mol. The Kier molecular flexibility index (Phi) is 6.04. The smallest absolute Gasteiger partial charge is 0.223 e. The van der Waals surface area contributed by atoms with E-state index in [-0.39, 0.29) is 11.9 Å². The highest BCUT2D eigenvalue weighted by atomic mass is 32.1. The van der Waals surface area contributed by atoms with Crippen LogP contribution in [0.2, 0.25) is 0 Å². The summed E-state index contributed by atoms with van der Waals surface area (Å²) < 4.78 is 0. The van der Waals surface area contributed by atoms with Gasteiger partial charge in [0.2, 0.25) is 11.9 Å². The molecule has 0 spiro atoms. The second kappa shape index (κ2) is 8.01. The van der Waals surface area contributed by atoms with Crippen molar-refractivity contribution in [2.45, 2.75) is 46.6 Å². The molecule has 2 aromatic rings. The van der Waals surface area contributed by atoms with Crippen LogP contribution in [-0.2, 0) is 4.79 Å². The van der Waals surface area contributed by atoms with E-state index in [1.165, 1.54) is 0 Å². The molecule has 2 heterocycles. The van der Waals surface area contributed by atoms with E-state index in [4.69, 9.17) is 0 Å². The number of nitrogens with one attached hydrogen (secondary N) is 2. The van der Waals surface area contributed by atoms with Gasteiger partial charge in [-0.05, 0) is 40.2 Å². The summed E-state index contributed by atoms with van der Waals surface area (Å²) in [5.41, 5.74) is 2.79. The average Bonchev–Trinajstić information content (AvgIpc) is 2.89. The molecule has 1 atom stereocenters. The van der Waals surface area contributed by atoms with E-state index >= 15 is 0 Å². The molecule has 1 unspecified atom stereocenters. The fourth-order valence-corrected chi connectivity index (χ4v) is 2.93. The Bertz CT molecular complexity index is 650. The van der Waals surface area contributed by atoms with Crippen molar-refractivity contribution in [1.82, 2.24) is 20.3 Å². The van der Waals surface area contributed by atoms with E-state index < -0.39 is 0 Å². The van der Waals surface area contributed by atoms with E-state index in [9.17, 15) is 4.79 Å². The maximum absolute atomic E-state index is 12.0. The van der Waals surface area contributed by atoms with Crippen LogP contribution in [0.5, 0.6) is 0 Å². The van der Waals surface area contributed by atoms with Crippen LogP contribution >= 0.6 is 11.3 Å². The Morgan fingerprint density at radius 2 is 1.91 bits per heavy atom.